The molecule has 0 spiro atoms. The highest BCUT2D eigenvalue weighted by Gasteiger charge is 2.36. The molecule has 0 saturated carbocycles. The molecule has 0 aliphatic carbocycles. The highest BCUT2D eigenvalue weighted by Crippen LogP contribution is 2.24. The number of rotatable bonds is 6. The molecule has 0 bridgehead atoms. The first-order valence-corrected chi connectivity index (χ1v) is 6.15. The number of nitrogens with two attached hydrogens (primary N) is 1. The molecule has 1 rings (SSSR count). The van der Waals surface area contributed by atoms with Gasteiger partial charge in [-0.3, -0.25) is 4.79 Å². The Hall–Kier alpha value is -1.96. The van der Waals surface area contributed by atoms with Crippen molar-refractivity contribution in [2.24, 2.45) is 0 Å². The van der Waals surface area contributed by atoms with Crippen LogP contribution in [0.1, 0.15) is 13.3 Å². The smallest absolute Gasteiger partial charge is 0.414 e. The summed E-state index contributed by atoms with van der Waals surface area (Å²) in [5.41, 5.74) is 6.37. The zero-order valence-corrected chi connectivity index (χ0v) is 11.7. The lowest BCUT2D eigenvalue weighted by Crippen LogP contribution is -2.29. The van der Waals surface area contributed by atoms with Gasteiger partial charge in [0.15, 0.2) is 6.10 Å². The Morgan fingerprint density at radius 1 is 1.43 bits per heavy atom. The van der Waals surface area contributed by atoms with Crippen LogP contribution in [0.25, 0.3) is 0 Å². The Morgan fingerprint density at radius 3 is 2.62 bits per heavy atom. The Balaban J connectivity index is 2.44. The van der Waals surface area contributed by atoms with E-state index in [4.69, 9.17) is 10.5 Å². The van der Waals surface area contributed by atoms with Crippen molar-refractivity contribution in [3.05, 3.63) is 18.2 Å². The number of benzene rings is 1. The van der Waals surface area contributed by atoms with Gasteiger partial charge in [-0.05, 0) is 19.1 Å². The van der Waals surface area contributed by atoms with Crippen LogP contribution in [0.4, 0.5) is 24.5 Å². The molecule has 0 saturated heterocycles. The molecule has 0 aliphatic heterocycles. The molecule has 0 heterocycles. The molecule has 21 heavy (non-hydrogen) atoms. The van der Waals surface area contributed by atoms with E-state index in [9.17, 15) is 18.0 Å². The number of carbonyl (C=O) groups is 1. The van der Waals surface area contributed by atoms with E-state index in [0.717, 1.165) is 6.92 Å². The highest BCUT2D eigenvalue weighted by molar-refractivity contribution is 5.94. The van der Waals surface area contributed by atoms with Gasteiger partial charge in [0.2, 0.25) is 5.91 Å². The zero-order valence-electron chi connectivity index (χ0n) is 11.7. The Morgan fingerprint density at radius 2 is 2.10 bits per heavy atom. The average Bonchev–Trinajstić information content (AvgIpc) is 2.39. The number of methoxy groups -OCH3 is 1. The standard InChI is InChI=1S/C13H17F3N2O3/c1-8(13(14,15)16)21-6-5-12(19)18-11-4-3-9(20-2)7-10(11)17/h3-4,7-8H,5-6,17H2,1-2H3,(H,18,19). The molecule has 3 N–H and O–H groups in total. The number of anilines is 2. The number of nitrogen functional groups attached to an aromatic ring is 1. The maximum absolute atomic E-state index is 12.2. The van der Waals surface area contributed by atoms with E-state index < -0.39 is 18.2 Å². The summed E-state index contributed by atoms with van der Waals surface area (Å²) in [6.45, 7) is 0.557. The fourth-order valence-corrected chi connectivity index (χ4v) is 1.42. The fourth-order valence-electron chi connectivity index (χ4n) is 1.42. The van der Waals surface area contributed by atoms with Gasteiger partial charge in [0.25, 0.3) is 0 Å². The van der Waals surface area contributed by atoms with Crippen molar-refractivity contribution in [1.29, 1.82) is 0 Å². The lowest BCUT2D eigenvalue weighted by molar-refractivity contribution is -0.214. The van der Waals surface area contributed by atoms with Crippen molar-refractivity contribution in [3.8, 4) is 5.75 Å². The molecule has 0 radical (unpaired) electrons. The maximum Gasteiger partial charge on any atom is 0.414 e. The van der Waals surface area contributed by atoms with Crippen LogP contribution in [-0.4, -0.2) is 31.9 Å². The Bertz CT molecular complexity index is 492. The monoisotopic (exact) mass is 306 g/mol. The molecule has 5 nitrogen and oxygen atoms in total. The molecular formula is C13H17F3N2O3. The van der Waals surface area contributed by atoms with Crippen LogP contribution in [0.2, 0.25) is 0 Å². The summed E-state index contributed by atoms with van der Waals surface area (Å²) in [5, 5.41) is 2.49. The molecule has 1 atom stereocenters. The number of halogens is 3. The Labute approximate surface area is 120 Å². The molecule has 1 aromatic carbocycles. The summed E-state index contributed by atoms with van der Waals surface area (Å²) in [4.78, 5) is 11.6. The fraction of sp³-hybridized carbons (Fsp3) is 0.462. The van der Waals surface area contributed by atoms with Gasteiger partial charge >= 0.3 is 6.18 Å². The van der Waals surface area contributed by atoms with Crippen LogP contribution < -0.4 is 15.8 Å². The summed E-state index contributed by atoms with van der Waals surface area (Å²) in [6, 6.07) is 4.68. The molecule has 1 aromatic rings. The number of hydrogen-bond acceptors (Lipinski definition) is 4. The minimum Gasteiger partial charge on any atom is -0.497 e. The van der Waals surface area contributed by atoms with Crippen LogP contribution in [0, 0.1) is 0 Å². The maximum atomic E-state index is 12.2. The van der Waals surface area contributed by atoms with Crippen molar-refractivity contribution < 1.29 is 27.4 Å². The van der Waals surface area contributed by atoms with Crippen molar-refractivity contribution in [3.63, 3.8) is 0 Å². The van der Waals surface area contributed by atoms with Crippen LogP contribution in [0.5, 0.6) is 5.75 Å². The topological polar surface area (TPSA) is 73.6 Å². The van der Waals surface area contributed by atoms with Crippen molar-refractivity contribution in [2.45, 2.75) is 25.6 Å². The van der Waals surface area contributed by atoms with Gasteiger partial charge in [-0.2, -0.15) is 13.2 Å². The van der Waals surface area contributed by atoms with E-state index in [-0.39, 0.29) is 13.0 Å². The van der Waals surface area contributed by atoms with Gasteiger partial charge in [-0.1, -0.05) is 0 Å². The van der Waals surface area contributed by atoms with Gasteiger partial charge in [0.1, 0.15) is 5.75 Å². The second-order valence-corrected chi connectivity index (χ2v) is 4.31. The highest BCUT2D eigenvalue weighted by atomic mass is 19.4. The first-order chi connectivity index (χ1) is 9.74. The summed E-state index contributed by atoms with van der Waals surface area (Å²) in [5.74, 6) is 0.0501. The first-order valence-electron chi connectivity index (χ1n) is 6.15. The number of amides is 1. The summed E-state index contributed by atoms with van der Waals surface area (Å²) in [6.07, 6.45) is -6.54. The molecule has 1 amide bonds. The third-order valence-electron chi connectivity index (χ3n) is 2.69. The number of ether oxygens (including phenoxy) is 2. The van der Waals surface area contributed by atoms with Crippen LogP contribution in [0.3, 0.4) is 0 Å². The first kappa shape index (κ1) is 17.1. The van der Waals surface area contributed by atoms with Gasteiger partial charge in [-0.25, -0.2) is 0 Å². The molecule has 1 unspecified atom stereocenters. The van der Waals surface area contributed by atoms with Crippen molar-refractivity contribution >= 4 is 17.3 Å². The number of carbonyl (C=O) groups excluding carboxylic acids is 1. The summed E-state index contributed by atoms with van der Waals surface area (Å²) in [7, 11) is 1.48. The van der Waals surface area contributed by atoms with E-state index in [1.54, 1.807) is 12.1 Å². The molecule has 0 aliphatic rings. The van der Waals surface area contributed by atoms with Crippen molar-refractivity contribution in [1.82, 2.24) is 0 Å². The molecule has 0 fully saturated rings. The number of hydrogen-bond donors (Lipinski definition) is 2. The van der Waals surface area contributed by atoms with Gasteiger partial charge in [0.05, 0.1) is 31.5 Å². The SMILES string of the molecule is COc1ccc(NC(=O)CCOC(C)C(F)(F)F)c(N)c1. The van der Waals surface area contributed by atoms with Gasteiger partial charge in [0, 0.05) is 6.07 Å². The van der Waals surface area contributed by atoms with E-state index in [1.807, 2.05) is 0 Å². The normalized spacial score (nSPS) is 12.8. The van der Waals surface area contributed by atoms with Gasteiger partial charge < -0.3 is 20.5 Å². The largest absolute Gasteiger partial charge is 0.497 e. The lowest BCUT2D eigenvalue weighted by atomic mass is 10.2. The summed E-state index contributed by atoms with van der Waals surface area (Å²) < 4.78 is 46.1. The van der Waals surface area contributed by atoms with Crippen LogP contribution in [0.15, 0.2) is 18.2 Å². The van der Waals surface area contributed by atoms with E-state index in [1.165, 1.54) is 13.2 Å². The summed E-state index contributed by atoms with van der Waals surface area (Å²) >= 11 is 0. The lowest BCUT2D eigenvalue weighted by Gasteiger charge is -2.16. The third-order valence-corrected chi connectivity index (χ3v) is 2.69. The van der Waals surface area contributed by atoms with E-state index >= 15 is 0 Å². The van der Waals surface area contributed by atoms with Crippen LogP contribution in [-0.2, 0) is 9.53 Å². The number of nitrogens with one attached hydrogen (secondary N) is 1. The predicted molar refractivity (Wildman–Crippen MR) is 72.1 cm³/mol. The van der Waals surface area contributed by atoms with Gasteiger partial charge in [-0.15, -0.1) is 0 Å². The van der Waals surface area contributed by atoms with Crippen molar-refractivity contribution in [2.75, 3.05) is 24.8 Å². The van der Waals surface area contributed by atoms with Crippen LogP contribution >= 0.6 is 0 Å². The third kappa shape index (κ3) is 5.50. The number of alkyl halides is 3. The van der Waals surface area contributed by atoms with E-state index in [2.05, 4.69) is 10.1 Å². The second kappa shape index (κ2) is 7.16. The molecule has 8 heteroatoms. The zero-order chi connectivity index (χ0) is 16.0. The predicted octanol–water partition coefficient (Wildman–Crippen LogP) is 2.57. The van der Waals surface area contributed by atoms with E-state index in [0.29, 0.717) is 17.1 Å². The average molecular weight is 306 g/mol. The minimum atomic E-state index is -4.43. The quantitative estimate of drug-likeness (QED) is 0.792. The minimum absolute atomic E-state index is 0.202. The molecular weight excluding hydrogens is 289 g/mol. The molecule has 0 aromatic heterocycles. The molecule has 118 valence electrons. The second-order valence-electron chi connectivity index (χ2n) is 4.31. The Kier molecular flexibility index (Phi) is 5.83.